The van der Waals surface area contributed by atoms with Crippen molar-refractivity contribution in [2.75, 3.05) is 26.2 Å². The predicted octanol–water partition coefficient (Wildman–Crippen LogP) is 2.50. The van der Waals surface area contributed by atoms with Gasteiger partial charge in [0.1, 0.15) is 0 Å². The fourth-order valence-corrected chi connectivity index (χ4v) is 1.90. The van der Waals surface area contributed by atoms with E-state index in [0.717, 1.165) is 13.1 Å². The second kappa shape index (κ2) is 9.37. The highest BCUT2D eigenvalue weighted by Gasteiger charge is 2.05. The summed E-state index contributed by atoms with van der Waals surface area (Å²) in [6.45, 7) is 10.1. The molecule has 1 rings (SSSR count). The SMILES string of the molecule is CCN(CC)C(N)=NCC(C)COCc1ccccc1. The molecule has 0 aliphatic rings. The summed E-state index contributed by atoms with van der Waals surface area (Å²) in [4.78, 5) is 6.49. The van der Waals surface area contributed by atoms with Crippen molar-refractivity contribution >= 4 is 5.96 Å². The topological polar surface area (TPSA) is 50.8 Å². The number of hydrogen-bond donors (Lipinski definition) is 1. The molecule has 0 amide bonds. The molecule has 0 fully saturated rings. The van der Waals surface area contributed by atoms with Crippen molar-refractivity contribution in [2.24, 2.45) is 16.6 Å². The number of rotatable bonds is 8. The minimum absolute atomic E-state index is 0.368. The number of ether oxygens (including phenoxy) is 1. The molecular formula is C16H27N3O. The Hall–Kier alpha value is -1.55. The zero-order chi connectivity index (χ0) is 14.8. The molecule has 4 heteroatoms. The van der Waals surface area contributed by atoms with Gasteiger partial charge in [-0.15, -0.1) is 0 Å². The van der Waals surface area contributed by atoms with Gasteiger partial charge < -0.3 is 15.4 Å². The summed E-state index contributed by atoms with van der Waals surface area (Å²) in [6.07, 6.45) is 0. The van der Waals surface area contributed by atoms with Crippen LogP contribution in [0.3, 0.4) is 0 Å². The first-order valence-corrected chi connectivity index (χ1v) is 7.33. The highest BCUT2D eigenvalue weighted by Crippen LogP contribution is 2.04. The van der Waals surface area contributed by atoms with Gasteiger partial charge in [-0.3, -0.25) is 4.99 Å². The van der Waals surface area contributed by atoms with Crippen molar-refractivity contribution < 1.29 is 4.74 Å². The lowest BCUT2D eigenvalue weighted by Gasteiger charge is -2.20. The van der Waals surface area contributed by atoms with Crippen molar-refractivity contribution in [3.63, 3.8) is 0 Å². The molecule has 0 aromatic heterocycles. The van der Waals surface area contributed by atoms with Crippen LogP contribution in [0.15, 0.2) is 35.3 Å². The number of nitrogens with zero attached hydrogens (tertiary/aromatic N) is 2. The second-order valence-electron chi connectivity index (χ2n) is 4.98. The van der Waals surface area contributed by atoms with Crippen molar-refractivity contribution in [2.45, 2.75) is 27.4 Å². The summed E-state index contributed by atoms with van der Waals surface area (Å²) >= 11 is 0. The standard InChI is InChI=1S/C16H27N3O/c1-4-19(5-2)16(17)18-11-14(3)12-20-13-15-9-7-6-8-10-15/h6-10,14H,4-5,11-13H2,1-3H3,(H2,17,18). The van der Waals surface area contributed by atoms with Gasteiger partial charge >= 0.3 is 0 Å². The predicted molar refractivity (Wildman–Crippen MR) is 84.7 cm³/mol. The van der Waals surface area contributed by atoms with Crippen molar-refractivity contribution in [3.05, 3.63) is 35.9 Å². The maximum Gasteiger partial charge on any atom is 0.191 e. The first kappa shape index (κ1) is 16.5. The lowest BCUT2D eigenvalue weighted by molar-refractivity contribution is 0.0944. The average Bonchev–Trinajstić information content (AvgIpc) is 2.47. The zero-order valence-corrected chi connectivity index (χ0v) is 12.9. The summed E-state index contributed by atoms with van der Waals surface area (Å²) in [5, 5.41) is 0. The first-order chi connectivity index (χ1) is 9.67. The number of nitrogens with two attached hydrogens (primary N) is 1. The summed E-state index contributed by atoms with van der Waals surface area (Å²) in [5.74, 6) is 0.998. The van der Waals surface area contributed by atoms with Crippen LogP contribution in [-0.2, 0) is 11.3 Å². The van der Waals surface area contributed by atoms with Crippen molar-refractivity contribution in [1.29, 1.82) is 0 Å². The van der Waals surface area contributed by atoms with Gasteiger partial charge in [-0.25, -0.2) is 0 Å². The van der Waals surface area contributed by atoms with E-state index in [1.807, 2.05) is 18.2 Å². The summed E-state index contributed by atoms with van der Waals surface area (Å²) in [5.41, 5.74) is 7.14. The molecule has 1 aromatic carbocycles. The molecule has 0 spiro atoms. The molecule has 0 heterocycles. The van der Waals surface area contributed by atoms with Gasteiger partial charge in [0.15, 0.2) is 5.96 Å². The van der Waals surface area contributed by atoms with Crippen molar-refractivity contribution in [1.82, 2.24) is 4.90 Å². The summed E-state index contributed by atoms with van der Waals surface area (Å²) in [7, 11) is 0. The lowest BCUT2D eigenvalue weighted by Crippen LogP contribution is -2.37. The van der Waals surface area contributed by atoms with Crippen LogP contribution in [0, 0.1) is 5.92 Å². The Morgan fingerprint density at radius 1 is 1.25 bits per heavy atom. The van der Waals surface area contributed by atoms with Crippen LogP contribution < -0.4 is 5.73 Å². The Balaban J connectivity index is 2.26. The van der Waals surface area contributed by atoms with Crippen LogP contribution in [0.25, 0.3) is 0 Å². The first-order valence-electron chi connectivity index (χ1n) is 7.33. The van der Waals surface area contributed by atoms with Crippen molar-refractivity contribution in [3.8, 4) is 0 Å². The van der Waals surface area contributed by atoms with E-state index in [2.05, 4.69) is 42.8 Å². The number of hydrogen-bond acceptors (Lipinski definition) is 2. The lowest BCUT2D eigenvalue weighted by atomic mass is 10.2. The molecule has 0 aliphatic carbocycles. The van der Waals surface area contributed by atoms with E-state index >= 15 is 0 Å². The van der Waals surface area contributed by atoms with E-state index in [4.69, 9.17) is 10.5 Å². The maximum absolute atomic E-state index is 5.94. The molecule has 1 unspecified atom stereocenters. The highest BCUT2D eigenvalue weighted by atomic mass is 16.5. The van der Waals surface area contributed by atoms with E-state index in [1.54, 1.807) is 0 Å². The molecule has 4 nitrogen and oxygen atoms in total. The Bertz CT molecular complexity index is 388. The molecule has 2 N–H and O–H groups in total. The van der Waals surface area contributed by atoms with Gasteiger partial charge in [-0.2, -0.15) is 0 Å². The van der Waals surface area contributed by atoms with Gasteiger partial charge in [-0.1, -0.05) is 37.3 Å². The monoisotopic (exact) mass is 277 g/mol. The maximum atomic E-state index is 5.94. The second-order valence-corrected chi connectivity index (χ2v) is 4.98. The van der Waals surface area contributed by atoms with E-state index in [-0.39, 0.29) is 0 Å². The molecule has 0 bridgehead atoms. The van der Waals surface area contributed by atoms with Gasteiger partial charge in [0.2, 0.25) is 0 Å². The average molecular weight is 277 g/mol. The van der Waals surface area contributed by atoms with Gasteiger partial charge in [0, 0.05) is 19.6 Å². The molecule has 20 heavy (non-hydrogen) atoms. The highest BCUT2D eigenvalue weighted by molar-refractivity contribution is 5.77. The molecule has 1 atom stereocenters. The number of benzene rings is 1. The fourth-order valence-electron chi connectivity index (χ4n) is 1.90. The van der Waals surface area contributed by atoms with Crippen LogP contribution in [0.2, 0.25) is 0 Å². The Kier molecular flexibility index (Phi) is 7.73. The zero-order valence-electron chi connectivity index (χ0n) is 12.9. The fraction of sp³-hybridized carbons (Fsp3) is 0.562. The normalized spacial score (nSPS) is 13.2. The number of guanidine groups is 1. The Morgan fingerprint density at radius 2 is 1.90 bits per heavy atom. The Morgan fingerprint density at radius 3 is 2.50 bits per heavy atom. The third kappa shape index (κ3) is 6.06. The van der Waals surface area contributed by atoms with E-state index in [1.165, 1.54) is 5.56 Å². The summed E-state index contributed by atoms with van der Waals surface area (Å²) in [6, 6.07) is 10.2. The van der Waals surface area contributed by atoms with Crippen LogP contribution in [0.4, 0.5) is 0 Å². The van der Waals surface area contributed by atoms with Crippen LogP contribution in [0.5, 0.6) is 0 Å². The van der Waals surface area contributed by atoms with Crippen LogP contribution >= 0.6 is 0 Å². The van der Waals surface area contributed by atoms with Crippen LogP contribution in [-0.4, -0.2) is 37.1 Å². The quantitative estimate of drug-likeness (QED) is 0.587. The van der Waals surface area contributed by atoms with Gasteiger partial charge in [0.25, 0.3) is 0 Å². The number of aliphatic imine (C=N–C) groups is 1. The molecular weight excluding hydrogens is 250 g/mol. The largest absolute Gasteiger partial charge is 0.376 e. The summed E-state index contributed by atoms with van der Waals surface area (Å²) < 4.78 is 5.70. The third-order valence-electron chi connectivity index (χ3n) is 3.17. The molecule has 0 aliphatic heterocycles. The van der Waals surface area contributed by atoms with Crippen LogP contribution in [0.1, 0.15) is 26.3 Å². The van der Waals surface area contributed by atoms with E-state index in [0.29, 0.717) is 31.6 Å². The molecule has 1 aromatic rings. The van der Waals surface area contributed by atoms with Gasteiger partial charge in [0.05, 0.1) is 13.2 Å². The molecule has 0 radical (unpaired) electrons. The van der Waals surface area contributed by atoms with E-state index in [9.17, 15) is 0 Å². The van der Waals surface area contributed by atoms with E-state index < -0.39 is 0 Å². The molecule has 0 saturated carbocycles. The minimum Gasteiger partial charge on any atom is -0.376 e. The molecule has 112 valence electrons. The van der Waals surface area contributed by atoms with Gasteiger partial charge in [-0.05, 0) is 25.3 Å². The third-order valence-corrected chi connectivity index (χ3v) is 3.17. The Labute approximate surface area is 122 Å². The minimum atomic E-state index is 0.368. The smallest absolute Gasteiger partial charge is 0.191 e. The molecule has 0 saturated heterocycles.